The SMILES string of the molecule is O=C(O)/C=N/C(c1ccccc1)c1ccccc1. The highest BCUT2D eigenvalue weighted by Crippen LogP contribution is 2.25. The van der Waals surface area contributed by atoms with Crippen molar-refractivity contribution < 1.29 is 9.90 Å². The van der Waals surface area contributed by atoms with Crippen LogP contribution in [0.15, 0.2) is 65.7 Å². The van der Waals surface area contributed by atoms with E-state index >= 15 is 0 Å². The Balaban J connectivity index is 2.38. The summed E-state index contributed by atoms with van der Waals surface area (Å²) in [4.78, 5) is 14.8. The zero-order valence-corrected chi connectivity index (χ0v) is 9.73. The van der Waals surface area contributed by atoms with Crippen LogP contribution < -0.4 is 0 Å². The smallest absolute Gasteiger partial charge is 0.346 e. The van der Waals surface area contributed by atoms with E-state index in [1.807, 2.05) is 60.7 Å². The van der Waals surface area contributed by atoms with E-state index in [0.29, 0.717) is 0 Å². The molecule has 0 unspecified atom stereocenters. The summed E-state index contributed by atoms with van der Waals surface area (Å²) in [6.45, 7) is 0. The normalized spacial score (nSPS) is 10.9. The Morgan fingerprint density at radius 3 is 1.78 bits per heavy atom. The first kappa shape index (κ1) is 12.0. The van der Waals surface area contributed by atoms with Gasteiger partial charge in [0.1, 0.15) is 12.3 Å². The van der Waals surface area contributed by atoms with Gasteiger partial charge in [-0.2, -0.15) is 0 Å². The van der Waals surface area contributed by atoms with Gasteiger partial charge < -0.3 is 5.11 Å². The fourth-order valence-corrected chi connectivity index (χ4v) is 1.77. The highest BCUT2D eigenvalue weighted by atomic mass is 16.4. The molecule has 0 bridgehead atoms. The number of aliphatic imine (C=N–C) groups is 1. The van der Waals surface area contributed by atoms with E-state index in [0.717, 1.165) is 17.3 Å². The van der Waals surface area contributed by atoms with Crippen LogP contribution in [-0.2, 0) is 4.79 Å². The van der Waals surface area contributed by atoms with Gasteiger partial charge in [0.15, 0.2) is 0 Å². The van der Waals surface area contributed by atoms with Crippen molar-refractivity contribution in [3.63, 3.8) is 0 Å². The van der Waals surface area contributed by atoms with Gasteiger partial charge in [0, 0.05) is 0 Å². The summed E-state index contributed by atoms with van der Waals surface area (Å²) >= 11 is 0. The van der Waals surface area contributed by atoms with Crippen LogP contribution in [-0.4, -0.2) is 17.3 Å². The predicted octanol–water partition coefficient (Wildman–Crippen LogP) is 2.93. The van der Waals surface area contributed by atoms with Crippen molar-refractivity contribution in [1.82, 2.24) is 0 Å². The second-order valence-electron chi connectivity index (χ2n) is 3.84. The van der Waals surface area contributed by atoms with E-state index < -0.39 is 5.97 Å². The van der Waals surface area contributed by atoms with Crippen LogP contribution >= 0.6 is 0 Å². The number of hydrogen-bond acceptors (Lipinski definition) is 2. The molecule has 2 aromatic carbocycles. The lowest BCUT2D eigenvalue weighted by molar-refractivity contribution is -0.128. The molecule has 0 aliphatic rings. The number of benzene rings is 2. The molecular weight excluding hydrogens is 226 g/mol. The summed E-state index contributed by atoms with van der Waals surface area (Å²) in [5.41, 5.74) is 1.95. The first-order valence-corrected chi connectivity index (χ1v) is 5.63. The minimum Gasteiger partial charge on any atom is -0.477 e. The van der Waals surface area contributed by atoms with Gasteiger partial charge in [-0.15, -0.1) is 0 Å². The molecule has 0 radical (unpaired) electrons. The van der Waals surface area contributed by atoms with Gasteiger partial charge in [0.05, 0.1) is 0 Å². The van der Waals surface area contributed by atoms with Gasteiger partial charge in [-0.25, -0.2) is 4.79 Å². The van der Waals surface area contributed by atoms with E-state index in [1.165, 1.54) is 0 Å². The number of nitrogens with zero attached hydrogens (tertiary/aromatic N) is 1. The van der Waals surface area contributed by atoms with Crippen LogP contribution in [0.25, 0.3) is 0 Å². The fraction of sp³-hybridized carbons (Fsp3) is 0.0667. The van der Waals surface area contributed by atoms with Gasteiger partial charge >= 0.3 is 5.97 Å². The summed E-state index contributed by atoms with van der Waals surface area (Å²) < 4.78 is 0. The minimum atomic E-state index is -1.04. The summed E-state index contributed by atoms with van der Waals surface area (Å²) in [6, 6.07) is 19.0. The Labute approximate surface area is 105 Å². The Morgan fingerprint density at radius 2 is 1.39 bits per heavy atom. The molecule has 1 N–H and O–H groups in total. The Kier molecular flexibility index (Phi) is 3.86. The third-order valence-electron chi connectivity index (χ3n) is 2.56. The maximum Gasteiger partial charge on any atom is 0.346 e. The molecule has 3 nitrogen and oxygen atoms in total. The molecule has 2 rings (SSSR count). The second kappa shape index (κ2) is 5.77. The zero-order chi connectivity index (χ0) is 12.8. The van der Waals surface area contributed by atoms with Crippen LogP contribution in [0.1, 0.15) is 17.2 Å². The third-order valence-corrected chi connectivity index (χ3v) is 2.56. The Hall–Kier alpha value is -2.42. The average Bonchev–Trinajstić information content (AvgIpc) is 2.41. The molecule has 0 aromatic heterocycles. The molecule has 18 heavy (non-hydrogen) atoms. The van der Waals surface area contributed by atoms with Crippen molar-refractivity contribution in [3.8, 4) is 0 Å². The number of carboxylic acids is 1. The van der Waals surface area contributed by atoms with Gasteiger partial charge in [-0.05, 0) is 11.1 Å². The lowest BCUT2D eigenvalue weighted by Gasteiger charge is -2.12. The number of aliphatic carboxylic acids is 1. The molecular formula is C15H13NO2. The van der Waals surface area contributed by atoms with Gasteiger partial charge in [0.2, 0.25) is 0 Å². The molecule has 2 aromatic rings. The first-order chi connectivity index (χ1) is 8.77. The number of rotatable bonds is 4. The quantitative estimate of drug-likeness (QED) is 0.834. The van der Waals surface area contributed by atoms with Crippen molar-refractivity contribution in [3.05, 3.63) is 71.8 Å². The lowest BCUT2D eigenvalue weighted by atomic mass is 9.99. The highest BCUT2D eigenvalue weighted by Gasteiger charge is 2.11. The molecule has 0 atom stereocenters. The van der Waals surface area contributed by atoms with E-state index in [2.05, 4.69) is 4.99 Å². The summed E-state index contributed by atoms with van der Waals surface area (Å²) in [7, 11) is 0. The van der Waals surface area contributed by atoms with Crippen LogP contribution in [0.2, 0.25) is 0 Å². The summed E-state index contributed by atoms with van der Waals surface area (Å²) in [5.74, 6) is -1.04. The number of carbonyl (C=O) groups is 1. The molecule has 0 aliphatic carbocycles. The standard InChI is InChI=1S/C15H13NO2/c17-14(18)11-16-15(12-7-3-1-4-8-12)13-9-5-2-6-10-13/h1-11,15H,(H,17,18)/b16-11+. The number of carboxylic acid groups (broad SMARTS) is 1. The van der Waals surface area contributed by atoms with E-state index in [-0.39, 0.29) is 6.04 Å². The maximum absolute atomic E-state index is 10.6. The van der Waals surface area contributed by atoms with Gasteiger partial charge in [-0.3, -0.25) is 4.99 Å². The van der Waals surface area contributed by atoms with Gasteiger partial charge in [0.25, 0.3) is 0 Å². The maximum atomic E-state index is 10.6. The van der Waals surface area contributed by atoms with E-state index in [1.54, 1.807) is 0 Å². The Morgan fingerprint density at radius 1 is 0.944 bits per heavy atom. The lowest BCUT2D eigenvalue weighted by Crippen LogP contribution is -2.02. The molecule has 0 spiro atoms. The molecule has 90 valence electrons. The van der Waals surface area contributed by atoms with Gasteiger partial charge in [-0.1, -0.05) is 60.7 Å². The van der Waals surface area contributed by atoms with Crippen molar-refractivity contribution >= 4 is 12.2 Å². The van der Waals surface area contributed by atoms with Crippen molar-refractivity contribution in [1.29, 1.82) is 0 Å². The monoisotopic (exact) mass is 239 g/mol. The predicted molar refractivity (Wildman–Crippen MR) is 70.9 cm³/mol. The highest BCUT2D eigenvalue weighted by molar-refractivity contribution is 6.22. The van der Waals surface area contributed by atoms with Crippen LogP contribution in [0, 0.1) is 0 Å². The fourth-order valence-electron chi connectivity index (χ4n) is 1.77. The number of hydrogen-bond donors (Lipinski definition) is 1. The summed E-state index contributed by atoms with van der Waals surface area (Å²) in [5, 5.41) is 8.71. The molecule has 0 saturated heterocycles. The van der Waals surface area contributed by atoms with Crippen molar-refractivity contribution in [2.75, 3.05) is 0 Å². The molecule has 0 heterocycles. The van der Waals surface area contributed by atoms with E-state index in [4.69, 9.17) is 5.11 Å². The van der Waals surface area contributed by atoms with Crippen LogP contribution in [0.3, 0.4) is 0 Å². The molecule has 0 fully saturated rings. The second-order valence-corrected chi connectivity index (χ2v) is 3.84. The Bertz CT molecular complexity index is 495. The minimum absolute atomic E-state index is 0.275. The third kappa shape index (κ3) is 3.04. The molecule has 0 amide bonds. The van der Waals surface area contributed by atoms with Crippen molar-refractivity contribution in [2.24, 2.45) is 4.99 Å². The topological polar surface area (TPSA) is 49.7 Å². The molecule has 0 aliphatic heterocycles. The zero-order valence-electron chi connectivity index (χ0n) is 9.73. The largest absolute Gasteiger partial charge is 0.477 e. The molecule has 0 saturated carbocycles. The van der Waals surface area contributed by atoms with Crippen LogP contribution in [0.5, 0.6) is 0 Å². The van der Waals surface area contributed by atoms with Crippen molar-refractivity contribution in [2.45, 2.75) is 6.04 Å². The van der Waals surface area contributed by atoms with Crippen LogP contribution in [0.4, 0.5) is 0 Å². The molecule has 3 heteroatoms. The average molecular weight is 239 g/mol. The first-order valence-electron chi connectivity index (χ1n) is 5.63. The summed E-state index contributed by atoms with van der Waals surface area (Å²) in [6.07, 6.45) is 0.949. The van der Waals surface area contributed by atoms with E-state index in [9.17, 15) is 4.79 Å².